The van der Waals surface area contributed by atoms with Crippen molar-refractivity contribution in [1.29, 1.82) is 0 Å². The fourth-order valence-corrected chi connectivity index (χ4v) is 3.55. The number of piperidine rings is 1. The Labute approximate surface area is 160 Å². The summed E-state index contributed by atoms with van der Waals surface area (Å²) in [6.07, 6.45) is -1.37. The number of halogens is 4. The van der Waals surface area contributed by atoms with Crippen molar-refractivity contribution in [3.05, 3.63) is 29.8 Å². The van der Waals surface area contributed by atoms with Gasteiger partial charge in [0.15, 0.2) is 5.82 Å². The number of aliphatic carboxylic acids is 1. The Balaban J connectivity index is 0.000000345. The van der Waals surface area contributed by atoms with Gasteiger partial charge in [-0.1, -0.05) is 0 Å². The predicted molar refractivity (Wildman–Crippen MR) is 92.1 cm³/mol. The molecule has 1 aromatic rings. The molecule has 0 bridgehead atoms. The molecular formula is C18H23F4N3O3. The van der Waals surface area contributed by atoms with Crippen LogP contribution in [-0.4, -0.2) is 70.2 Å². The molecule has 1 aromatic heterocycles. The van der Waals surface area contributed by atoms with E-state index in [4.69, 9.17) is 9.90 Å². The number of hydrogen-bond acceptors (Lipinski definition) is 4. The van der Waals surface area contributed by atoms with E-state index in [0.717, 1.165) is 38.8 Å². The van der Waals surface area contributed by atoms with Gasteiger partial charge in [0.05, 0.1) is 11.8 Å². The molecule has 2 aliphatic heterocycles. The van der Waals surface area contributed by atoms with Crippen molar-refractivity contribution in [2.45, 2.75) is 32.5 Å². The zero-order valence-corrected chi connectivity index (χ0v) is 15.6. The topological polar surface area (TPSA) is 73.7 Å². The molecule has 2 aliphatic rings. The van der Waals surface area contributed by atoms with Gasteiger partial charge in [0.1, 0.15) is 0 Å². The highest BCUT2D eigenvalue weighted by Gasteiger charge is 2.40. The quantitative estimate of drug-likeness (QED) is 0.766. The molecule has 10 heteroatoms. The molecular weight excluding hydrogens is 382 g/mol. The monoisotopic (exact) mass is 405 g/mol. The molecule has 6 nitrogen and oxygen atoms in total. The molecule has 28 heavy (non-hydrogen) atoms. The van der Waals surface area contributed by atoms with Crippen molar-refractivity contribution in [3.63, 3.8) is 0 Å². The summed E-state index contributed by atoms with van der Waals surface area (Å²) in [5, 5.41) is 7.12. The van der Waals surface area contributed by atoms with Crippen LogP contribution >= 0.6 is 0 Å². The van der Waals surface area contributed by atoms with Crippen LogP contribution in [0, 0.1) is 17.7 Å². The van der Waals surface area contributed by atoms with Crippen LogP contribution in [0.5, 0.6) is 0 Å². The van der Waals surface area contributed by atoms with Crippen LogP contribution in [0.15, 0.2) is 18.5 Å². The largest absolute Gasteiger partial charge is 0.490 e. The molecule has 0 spiro atoms. The maximum Gasteiger partial charge on any atom is 0.490 e. The molecule has 0 aromatic carbocycles. The first-order valence-electron chi connectivity index (χ1n) is 8.93. The summed E-state index contributed by atoms with van der Waals surface area (Å²) in [4.78, 5) is 29.4. The first-order chi connectivity index (χ1) is 13.0. The Morgan fingerprint density at radius 3 is 2.36 bits per heavy atom. The molecule has 3 heterocycles. The maximum atomic E-state index is 13.7. The van der Waals surface area contributed by atoms with E-state index in [0.29, 0.717) is 17.9 Å². The molecule has 0 unspecified atom stereocenters. The standard InChI is InChI=1S/C16H22FN3O.C2HF3O2/c1-11(2)19-6-4-12-8-20(10-13(12)9-19)16(21)14-3-5-18-7-15(14)17;3-2(4,5)1(6)7/h3,5,7,11-13H,4,6,8-10H2,1-2H3;(H,6,7)/t12-,13+;/m0./s1. The Morgan fingerprint density at radius 1 is 1.21 bits per heavy atom. The predicted octanol–water partition coefficient (Wildman–Crippen LogP) is 2.66. The number of pyridine rings is 1. The lowest BCUT2D eigenvalue weighted by Crippen LogP contribution is -2.43. The van der Waals surface area contributed by atoms with Crippen molar-refractivity contribution in [2.75, 3.05) is 26.2 Å². The van der Waals surface area contributed by atoms with Crippen LogP contribution in [0.25, 0.3) is 0 Å². The van der Waals surface area contributed by atoms with E-state index in [1.54, 1.807) is 0 Å². The number of carboxylic acid groups (broad SMARTS) is 1. The zero-order valence-electron chi connectivity index (χ0n) is 15.6. The fourth-order valence-electron chi connectivity index (χ4n) is 3.55. The number of carbonyl (C=O) groups is 2. The minimum atomic E-state index is -5.08. The van der Waals surface area contributed by atoms with E-state index in [2.05, 4.69) is 23.7 Å². The summed E-state index contributed by atoms with van der Waals surface area (Å²) in [5.41, 5.74) is 0.143. The minimum absolute atomic E-state index is 0.143. The van der Waals surface area contributed by atoms with Gasteiger partial charge in [-0.15, -0.1) is 0 Å². The molecule has 0 saturated carbocycles. The number of rotatable bonds is 2. The van der Waals surface area contributed by atoms with Crippen LogP contribution in [0.3, 0.4) is 0 Å². The van der Waals surface area contributed by atoms with E-state index in [9.17, 15) is 22.4 Å². The number of aromatic nitrogens is 1. The summed E-state index contributed by atoms with van der Waals surface area (Å²) in [7, 11) is 0. The van der Waals surface area contributed by atoms with Gasteiger partial charge < -0.3 is 14.9 Å². The third-order valence-corrected chi connectivity index (χ3v) is 5.10. The van der Waals surface area contributed by atoms with Gasteiger partial charge in [0.2, 0.25) is 0 Å². The Bertz CT molecular complexity index is 712. The average Bonchev–Trinajstić information content (AvgIpc) is 3.04. The molecule has 3 rings (SSSR count). The van der Waals surface area contributed by atoms with Crippen LogP contribution in [0.4, 0.5) is 17.6 Å². The van der Waals surface area contributed by atoms with Crippen LogP contribution in [0.2, 0.25) is 0 Å². The van der Waals surface area contributed by atoms with Gasteiger partial charge >= 0.3 is 12.1 Å². The maximum absolute atomic E-state index is 13.7. The van der Waals surface area contributed by atoms with Gasteiger partial charge in [0, 0.05) is 31.9 Å². The van der Waals surface area contributed by atoms with Crippen molar-refractivity contribution in [2.24, 2.45) is 11.8 Å². The second-order valence-corrected chi connectivity index (χ2v) is 7.27. The molecule has 1 amide bonds. The van der Waals surface area contributed by atoms with E-state index >= 15 is 0 Å². The first-order valence-corrected chi connectivity index (χ1v) is 8.93. The molecule has 0 radical (unpaired) electrons. The van der Waals surface area contributed by atoms with Gasteiger partial charge in [-0.3, -0.25) is 9.78 Å². The SMILES string of the molecule is CC(C)N1CC[C@H]2CN(C(=O)c3ccncc3F)C[C@H]2C1.O=C(O)C(F)(F)F. The van der Waals surface area contributed by atoms with Crippen molar-refractivity contribution < 1.29 is 32.3 Å². The number of carboxylic acids is 1. The number of likely N-dealkylation sites (tertiary alicyclic amines) is 2. The lowest BCUT2D eigenvalue weighted by atomic mass is 9.88. The van der Waals surface area contributed by atoms with Gasteiger partial charge in [-0.25, -0.2) is 9.18 Å². The number of nitrogens with zero attached hydrogens (tertiary/aromatic N) is 3. The zero-order chi connectivity index (χ0) is 21.1. The molecule has 0 aliphatic carbocycles. The molecule has 156 valence electrons. The number of carbonyl (C=O) groups excluding carboxylic acids is 1. The van der Waals surface area contributed by atoms with Gasteiger partial charge in [-0.2, -0.15) is 13.2 Å². The summed E-state index contributed by atoms with van der Waals surface area (Å²) >= 11 is 0. The highest BCUT2D eigenvalue weighted by atomic mass is 19.4. The summed E-state index contributed by atoms with van der Waals surface area (Å²) in [5.74, 6) is -2.39. The number of alkyl halides is 3. The Kier molecular flexibility index (Phi) is 6.97. The van der Waals surface area contributed by atoms with E-state index in [1.807, 2.05) is 4.90 Å². The second-order valence-electron chi connectivity index (χ2n) is 7.27. The normalized spacial score (nSPS) is 22.5. The molecule has 2 fully saturated rings. The van der Waals surface area contributed by atoms with Gasteiger partial charge in [-0.05, 0) is 44.7 Å². The third-order valence-electron chi connectivity index (χ3n) is 5.10. The highest BCUT2D eigenvalue weighted by Crippen LogP contribution is 2.32. The lowest BCUT2D eigenvalue weighted by molar-refractivity contribution is -0.192. The molecule has 2 atom stereocenters. The van der Waals surface area contributed by atoms with Crippen molar-refractivity contribution in [1.82, 2.24) is 14.8 Å². The smallest absolute Gasteiger partial charge is 0.475 e. The minimum Gasteiger partial charge on any atom is -0.475 e. The Hall–Kier alpha value is -2.23. The second kappa shape index (κ2) is 8.85. The van der Waals surface area contributed by atoms with Crippen LogP contribution in [0.1, 0.15) is 30.6 Å². The van der Waals surface area contributed by atoms with E-state index < -0.39 is 18.0 Å². The number of fused-ring (bicyclic) bond motifs is 1. The van der Waals surface area contributed by atoms with Crippen LogP contribution < -0.4 is 0 Å². The molecule has 1 N–H and O–H groups in total. The number of hydrogen-bond donors (Lipinski definition) is 1. The van der Waals surface area contributed by atoms with Crippen molar-refractivity contribution >= 4 is 11.9 Å². The first kappa shape index (κ1) is 22.1. The summed E-state index contributed by atoms with van der Waals surface area (Å²) < 4.78 is 45.4. The van der Waals surface area contributed by atoms with Gasteiger partial charge in [0.25, 0.3) is 5.91 Å². The van der Waals surface area contributed by atoms with E-state index in [1.165, 1.54) is 12.3 Å². The van der Waals surface area contributed by atoms with Crippen LogP contribution in [-0.2, 0) is 4.79 Å². The average molecular weight is 405 g/mol. The lowest BCUT2D eigenvalue weighted by Gasteiger charge is -2.36. The highest BCUT2D eigenvalue weighted by molar-refractivity contribution is 5.94. The fraction of sp³-hybridized carbons (Fsp3) is 0.611. The van der Waals surface area contributed by atoms with Crippen molar-refractivity contribution in [3.8, 4) is 0 Å². The molecule has 2 saturated heterocycles. The Morgan fingerprint density at radius 2 is 1.82 bits per heavy atom. The number of amides is 1. The summed E-state index contributed by atoms with van der Waals surface area (Å²) in [6.45, 7) is 8.08. The third kappa shape index (κ3) is 5.40. The van der Waals surface area contributed by atoms with E-state index in [-0.39, 0.29) is 11.5 Å². The summed E-state index contributed by atoms with van der Waals surface area (Å²) in [6, 6.07) is 2.02.